The van der Waals surface area contributed by atoms with Crippen molar-refractivity contribution < 1.29 is 9.53 Å². The molecule has 26 heavy (non-hydrogen) atoms. The summed E-state index contributed by atoms with van der Waals surface area (Å²) in [4.78, 5) is 12.6. The van der Waals surface area contributed by atoms with Gasteiger partial charge in [-0.15, -0.1) is 5.10 Å². The van der Waals surface area contributed by atoms with E-state index in [0.29, 0.717) is 23.0 Å². The van der Waals surface area contributed by atoms with Crippen molar-refractivity contribution in [3.8, 4) is 11.4 Å². The van der Waals surface area contributed by atoms with Gasteiger partial charge in [0, 0.05) is 10.7 Å². The number of halogens is 1. The number of aryl methyl sites for hydroxylation is 1. The van der Waals surface area contributed by atoms with E-state index in [-0.39, 0.29) is 11.6 Å². The fourth-order valence-corrected chi connectivity index (χ4v) is 2.72. The number of hydrogen-bond donors (Lipinski definition) is 1. The van der Waals surface area contributed by atoms with Crippen molar-refractivity contribution in [1.29, 1.82) is 0 Å². The summed E-state index contributed by atoms with van der Waals surface area (Å²) >= 11 is 6.00. The highest BCUT2D eigenvalue weighted by molar-refractivity contribution is 6.31. The van der Waals surface area contributed by atoms with Crippen LogP contribution in [0.15, 0.2) is 42.5 Å². The molecule has 0 spiro atoms. The lowest BCUT2D eigenvalue weighted by Gasteiger charge is -2.08. The summed E-state index contributed by atoms with van der Waals surface area (Å²) < 4.78 is 7.06. The largest absolute Gasteiger partial charge is 0.494 e. The molecule has 0 atom stereocenters. The van der Waals surface area contributed by atoms with Crippen molar-refractivity contribution in [2.24, 2.45) is 0 Å². The Morgan fingerprint density at radius 3 is 2.62 bits per heavy atom. The molecule has 3 rings (SSSR count). The summed E-state index contributed by atoms with van der Waals surface area (Å²) in [6.07, 6.45) is 0. The first kappa shape index (κ1) is 17.9. The Morgan fingerprint density at radius 2 is 1.92 bits per heavy atom. The zero-order valence-electron chi connectivity index (χ0n) is 14.8. The van der Waals surface area contributed by atoms with Gasteiger partial charge in [-0.05, 0) is 62.7 Å². The predicted octanol–water partition coefficient (Wildman–Crippen LogP) is 4.19. The molecule has 1 N–H and O–H groups in total. The topological polar surface area (TPSA) is 69.0 Å². The second-order valence-corrected chi connectivity index (χ2v) is 6.21. The van der Waals surface area contributed by atoms with Crippen LogP contribution in [0.4, 0.5) is 5.69 Å². The molecule has 3 aromatic rings. The molecule has 0 aliphatic rings. The molecule has 2 aromatic carbocycles. The van der Waals surface area contributed by atoms with Crippen molar-refractivity contribution in [1.82, 2.24) is 15.0 Å². The first-order valence-corrected chi connectivity index (χ1v) is 8.60. The number of nitrogens with one attached hydrogen (secondary N) is 1. The zero-order chi connectivity index (χ0) is 18.7. The van der Waals surface area contributed by atoms with Gasteiger partial charge in [0.05, 0.1) is 18.0 Å². The van der Waals surface area contributed by atoms with Crippen molar-refractivity contribution in [3.63, 3.8) is 0 Å². The summed E-state index contributed by atoms with van der Waals surface area (Å²) in [6.45, 7) is 6.24. The Bertz CT molecular complexity index is 935. The normalized spacial score (nSPS) is 10.6. The second kappa shape index (κ2) is 7.58. The number of nitrogens with zero attached hydrogens (tertiary/aromatic N) is 3. The van der Waals surface area contributed by atoms with Gasteiger partial charge in [-0.2, -0.15) is 0 Å². The summed E-state index contributed by atoms with van der Waals surface area (Å²) in [5.74, 6) is 0.452. The maximum absolute atomic E-state index is 12.6. The molecular formula is C19H19ClN4O2. The lowest BCUT2D eigenvalue weighted by molar-refractivity contribution is 0.102. The number of anilines is 1. The molecule has 0 aliphatic heterocycles. The molecule has 7 heteroatoms. The van der Waals surface area contributed by atoms with Crippen LogP contribution in [0.3, 0.4) is 0 Å². The van der Waals surface area contributed by atoms with Gasteiger partial charge in [0.2, 0.25) is 0 Å². The number of aromatic nitrogens is 3. The van der Waals surface area contributed by atoms with Crippen LogP contribution in [-0.2, 0) is 0 Å². The summed E-state index contributed by atoms with van der Waals surface area (Å²) in [7, 11) is 0. The Labute approximate surface area is 156 Å². The van der Waals surface area contributed by atoms with Crippen molar-refractivity contribution in [2.75, 3.05) is 11.9 Å². The fraction of sp³-hybridized carbons (Fsp3) is 0.211. The first-order chi connectivity index (χ1) is 12.5. The minimum atomic E-state index is -0.329. The second-order valence-electron chi connectivity index (χ2n) is 5.78. The van der Waals surface area contributed by atoms with Crippen LogP contribution >= 0.6 is 11.6 Å². The van der Waals surface area contributed by atoms with Gasteiger partial charge in [0.15, 0.2) is 5.69 Å². The van der Waals surface area contributed by atoms with Crippen LogP contribution in [0, 0.1) is 13.8 Å². The predicted molar refractivity (Wildman–Crippen MR) is 101 cm³/mol. The monoisotopic (exact) mass is 370 g/mol. The molecule has 134 valence electrons. The van der Waals surface area contributed by atoms with E-state index >= 15 is 0 Å². The lowest BCUT2D eigenvalue weighted by atomic mass is 10.2. The lowest BCUT2D eigenvalue weighted by Crippen LogP contribution is -2.15. The van der Waals surface area contributed by atoms with Crippen molar-refractivity contribution in [2.45, 2.75) is 20.8 Å². The van der Waals surface area contributed by atoms with Crippen molar-refractivity contribution in [3.05, 3.63) is 64.4 Å². The van der Waals surface area contributed by atoms with Crippen LogP contribution in [0.2, 0.25) is 5.02 Å². The van der Waals surface area contributed by atoms with Gasteiger partial charge in [-0.3, -0.25) is 4.79 Å². The molecule has 1 heterocycles. The van der Waals surface area contributed by atoms with E-state index in [1.54, 1.807) is 23.7 Å². The van der Waals surface area contributed by atoms with Gasteiger partial charge in [0.1, 0.15) is 5.75 Å². The van der Waals surface area contributed by atoms with E-state index < -0.39 is 0 Å². The van der Waals surface area contributed by atoms with Gasteiger partial charge in [0.25, 0.3) is 5.91 Å². The molecule has 0 fully saturated rings. The minimum absolute atomic E-state index is 0.262. The molecule has 6 nitrogen and oxygen atoms in total. The molecule has 0 aliphatic carbocycles. The number of rotatable bonds is 5. The molecule has 1 amide bonds. The van der Waals surface area contributed by atoms with Crippen LogP contribution in [0.25, 0.3) is 5.69 Å². The smallest absolute Gasteiger partial charge is 0.278 e. The highest BCUT2D eigenvalue weighted by Crippen LogP contribution is 2.22. The molecule has 0 saturated carbocycles. The van der Waals surface area contributed by atoms with Gasteiger partial charge in [-0.25, -0.2) is 4.68 Å². The molecular weight excluding hydrogens is 352 g/mol. The molecule has 1 aromatic heterocycles. The summed E-state index contributed by atoms with van der Waals surface area (Å²) in [5, 5.41) is 11.5. The number of benzene rings is 2. The SMILES string of the molecule is CCOc1ccc(-n2nnc(C(=O)Nc3cc(Cl)ccc3C)c2C)cc1. The average molecular weight is 371 g/mol. The third-order valence-corrected chi connectivity index (χ3v) is 4.18. The van der Waals surface area contributed by atoms with Gasteiger partial charge in [-0.1, -0.05) is 22.9 Å². The number of carbonyl (C=O) groups excluding carboxylic acids is 1. The number of ether oxygens (including phenoxy) is 1. The van der Waals surface area contributed by atoms with Gasteiger partial charge >= 0.3 is 0 Å². The van der Waals surface area contributed by atoms with E-state index in [9.17, 15) is 4.79 Å². The fourth-order valence-electron chi connectivity index (χ4n) is 2.54. The van der Waals surface area contributed by atoms with Gasteiger partial charge < -0.3 is 10.1 Å². The Morgan fingerprint density at radius 1 is 1.19 bits per heavy atom. The van der Waals surface area contributed by atoms with Crippen molar-refractivity contribution >= 4 is 23.2 Å². The van der Waals surface area contributed by atoms with E-state index in [1.807, 2.05) is 44.2 Å². The van der Waals surface area contributed by atoms with Crippen LogP contribution in [0.1, 0.15) is 28.7 Å². The standard InChI is InChI=1S/C19H19ClN4O2/c1-4-26-16-9-7-15(8-10-16)24-13(3)18(22-23-24)19(25)21-17-11-14(20)6-5-12(17)2/h5-11H,4H2,1-3H3,(H,21,25). The number of hydrogen-bond acceptors (Lipinski definition) is 4. The van der Waals surface area contributed by atoms with Crippen LogP contribution < -0.4 is 10.1 Å². The van der Waals surface area contributed by atoms with E-state index in [4.69, 9.17) is 16.3 Å². The minimum Gasteiger partial charge on any atom is -0.494 e. The van der Waals surface area contributed by atoms with Crippen LogP contribution in [-0.4, -0.2) is 27.5 Å². The third-order valence-electron chi connectivity index (χ3n) is 3.95. The molecule has 0 radical (unpaired) electrons. The summed E-state index contributed by atoms with van der Waals surface area (Å²) in [5.41, 5.74) is 3.28. The molecule has 0 bridgehead atoms. The Balaban J connectivity index is 1.84. The van der Waals surface area contributed by atoms with Crippen LogP contribution in [0.5, 0.6) is 5.75 Å². The Kier molecular flexibility index (Phi) is 5.23. The third kappa shape index (κ3) is 3.70. The zero-order valence-corrected chi connectivity index (χ0v) is 15.5. The number of amides is 1. The molecule has 0 saturated heterocycles. The highest BCUT2D eigenvalue weighted by atomic mass is 35.5. The summed E-state index contributed by atoms with van der Waals surface area (Å²) in [6, 6.07) is 12.8. The highest BCUT2D eigenvalue weighted by Gasteiger charge is 2.18. The van der Waals surface area contributed by atoms with E-state index in [2.05, 4.69) is 15.6 Å². The molecule has 0 unspecified atom stereocenters. The van der Waals surface area contributed by atoms with E-state index in [0.717, 1.165) is 17.0 Å². The average Bonchev–Trinajstić information content (AvgIpc) is 3.01. The Hall–Kier alpha value is -2.86. The number of carbonyl (C=O) groups is 1. The first-order valence-electron chi connectivity index (χ1n) is 8.22. The van der Waals surface area contributed by atoms with E-state index in [1.165, 1.54) is 0 Å². The quantitative estimate of drug-likeness (QED) is 0.731. The maximum atomic E-state index is 12.6. The maximum Gasteiger partial charge on any atom is 0.278 e.